The van der Waals surface area contributed by atoms with Gasteiger partial charge in [-0.15, -0.1) is 24.0 Å². The maximum absolute atomic E-state index is 12.4. The van der Waals surface area contributed by atoms with E-state index >= 15 is 0 Å². The van der Waals surface area contributed by atoms with Crippen molar-refractivity contribution in [3.63, 3.8) is 0 Å². The molecule has 1 aliphatic rings. The van der Waals surface area contributed by atoms with E-state index in [1.54, 1.807) is 21.3 Å². The molecule has 1 fully saturated rings. The van der Waals surface area contributed by atoms with Crippen molar-refractivity contribution in [2.24, 2.45) is 4.99 Å². The highest BCUT2D eigenvalue weighted by atomic mass is 127. The van der Waals surface area contributed by atoms with E-state index in [4.69, 9.17) is 9.47 Å². The summed E-state index contributed by atoms with van der Waals surface area (Å²) in [6.07, 6.45) is 0.314. The zero-order chi connectivity index (χ0) is 20.6. The number of halogens is 4. The van der Waals surface area contributed by atoms with Crippen molar-refractivity contribution < 1.29 is 22.6 Å². The predicted molar refractivity (Wildman–Crippen MR) is 120 cm³/mol. The number of rotatable bonds is 7. The summed E-state index contributed by atoms with van der Waals surface area (Å²) in [7, 11) is 4.78. The minimum absolute atomic E-state index is 0. The fraction of sp³-hybridized carbons (Fsp3) is 0.650. The highest BCUT2D eigenvalue weighted by Gasteiger charge is 2.35. The quantitative estimate of drug-likeness (QED) is 0.307. The molecule has 1 aromatic rings. The van der Waals surface area contributed by atoms with Crippen LogP contribution in [0, 0.1) is 0 Å². The topological polar surface area (TPSA) is 54.9 Å². The molecule has 5 nitrogen and oxygen atoms in total. The third-order valence-corrected chi connectivity index (χ3v) is 5.33. The van der Waals surface area contributed by atoms with E-state index in [9.17, 15) is 13.2 Å². The molecule has 1 saturated carbocycles. The molecule has 0 saturated heterocycles. The van der Waals surface area contributed by atoms with Crippen molar-refractivity contribution in [1.29, 1.82) is 0 Å². The van der Waals surface area contributed by atoms with Crippen LogP contribution in [0.15, 0.2) is 23.2 Å². The Morgan fingerprint density at radius 2 is 1.72 bits per heavy atom. The van der Waals surface area contributed by atoms with Crippen LogP contribution in [0.1, 0.15) is 44.1 Å². The minimum atomic E-state index is -4.18. The lowest BCUT2D eigenvalue weighted by Crippen LogP contribution is -2.47. The molecular formula is C20H31F3IN3O2. The van der Waals surface area contributed by atoms with E-state index in [-0.39, 0.29) is 35.9 Å². The van der Waals surface area contributed by atoms with Gasteiger partial charge in [0.25, 0.3) is 0 Å². The number of hydrogen-bond acceptors (Lipinski definition) is 3. The molecule has 1 aromatic carbocycles. The van der Waals surface area contributed by atoms with Crippen molar-refractivity contribution in [2.75, 3.05) is 34.4 Å². The summed E-state index contributed by atoms with van der Waals surface area (Å²) in [4.78, 5) is 4.06. The van der Waals surface area contributed by atoms with E-state index in [0.29, 0.717) is 24.0 Å². The van der Waals surface area contributed by atoms with Crippen molar-refractivity contribution in [2.45, 2.75) is 50.1 Å². The normalized spacial score (nSPS) is 16.6. The highest BCUT2D eigenvalue weighted by Crippen LogP contribution is 2.42. The molecule has 0 radical (unpaired) electrons. The van der Waals surface area contributed by atoms with Gasteiger partial charge in [-0.25, -0.2) is 0 Å². The lowest BCUT2D eigenvalue weighted by molar-refractivity contribution is -0.132. The Kier molecular flexibility index (Phi) is 10.4. The van der Waals surface area contributed by atoms with Gasteiger partial charge in [0, 0.05) is 25.6 Å². The van der Waals surface area contributed by atoms with E-state index in [1.807, 2.05) is 18.2 Å². The maximum atomic E-state index is 12.4. The Labute approximate surface area is 187 Å². The zero-order valence-electron chi connectivity index (χ0n) is 17.2. The molecular weight excluding hydrogens is 498 g/mol. The van der Waals surface area contributed by atoms with Gasteiger partial charge in [-0.3, -0.25) is 4.99 Å². The Balaban J connectivity index is 0.00000420. The second-order valence-electron chi connectivity index (χ2n) is 7.13. The molecule has 0 heterocycles. The van der Waals surface area contributed by atoms with Crippen LogP contribution in [-0.4, -0.2) is 46.5 Å². The van der Waals surface area contributed by atoms with Crippen LogP contribution in [-0.2, 0) is 5.41 Å². The highest BCUT2D eigenvalue weighted by molar-refractivity contribution is 14.0. The number of ether oxygens (including phenoxy) is 2. The molecule has 0 spiro atoms. The van der Waals surface area contributed by atoms with Gasteiger partial charge >= 0.3 is 6.18 Å². The van der Waals surface area contributed by atoms with Gasteiger partial charge in [-0.05, 0) is 30.5 Å². The SMILES string of the molecule is CN=C(NCCC(F)(F)F)NCC1(c2ccc(OC)c(OC)c2)CCCCC1.I. The summed E-state index contributed by atoms with van der Waals surface area (Å²) in [6, 6.07) is 5.96. The Bertz CT molecular complexity index is 663. The number of nitrogens with one attached hydrogen (secondary N) is 2. The summed E-state index contributed by atoms with van der Waals surface area (Å²) in [5, 5.41) is 5.98. The number of nitrogens with zero attached hydrogens (tertiary/aromatic N) is 1. The molecule has 166 valence electrons. The lowest BCUT2D eigenvalue weighted by atomic mass is 9.69. The van der Waals surface area contributed by atoms with Gasteiger partial charge in [-0.1, -0.05) is 25.3 Å². The second-order valence-corrected chi connectivity index (χ2v) is 7.13. The van der Waals surface area contributed by atoms with E-state index < -0.39 is 12.6 Å². The van der Waals surface area contributed by atoms with Crippen molar-refractivity contribution >= 4 is 29.9 Å². The molecule has 29 heavy (non-hydrogen) atoms. The van der Waals surface area contributed by atoms with Gasteiger partial charge in [0.05, 0.1) is 20.6 Å². The van der Waals surface area contributed by atoms with Crippen molar-refractivity contribution in [1.82, 2.24) is 10.6 Å². The van der Waals surface area contributed by atoms with E-state index in [1.165, 1.54) is 6.42 Å². The van der Waals surface area contributed by atoms with Crippen molar-refractivity contribution in [3.8, 4) is 11.5 Å². The van der Waals surface area contributed by atoms with Gasteiger partial charge < -0.3 is 20.1 Å². The fourth-order valence-electron chi connectivity index (χ4n) is 3.76. The summed E-state index contributed by atoms with van der Waals surface area (Å²) < 4.78 is 47.9. The summed E-state index contributed by atoms with van der Waals surface area (Å²) in [5.41, 5.74) is 1.02. The van der Waals surface area contributed by atoms with Crippen LogP contribution >= 0.6 is 24.0 Å². The molecule has 2 rings (SSSR count). The number of aliphatic imine (C=N–C) groups is 1. The zero-order valence-corrected chi connectivity index (χ0v) is 19.5. The summed E-state index contributed by atoms with van der Waals surface area (Å²) in [6.45, 7) is 0.390. The van der Waals surface area contributed by atoms with Crippen LogP contribution < -0.4 is 20.1 Å². The molecule has 0 aliphatic heterocycles. The number of benzene rings is 1. The number of guanidine groups is 1. The molecule has 0 amide bonds. The van der Waals surface area contributed by atoms with Gasteiger partial charge in [0.15, 0.2) is 17.5 Å². The fourth-order valence-corrected chi connectivity index (χ4v) is 3.76. The van der Waals surface area contributed by atoms with Crippen LogP contribution in [0.25, 0.3) is 0 Å². The first-order valence-corrected chi connectivity index (χ1v) is 9.57. The van der Waals surface area contributed by atoms with Gasteiger partial charge in [0.2, 0.25) is 0 Å². The van der Waals surface area contributed by atoms with Crippen LogP contribution in [0.3, 0.4) is 0 Å². The summed E-state index contributed by atoms with van der Waals surface area (Å²) in [5.74, 6) is 1.74. The molecule has 0 atom stereocenters. The predicted octanol–water partition coefficient (Wildman–Crippen LogP) is 4.64. The molecule has 0 bridgehead atoms. The van der Waals surface area contributed by atoms with Crippen LogP contribution in [0.2, 0.25) is 0 Å². The molecule has 0 unspecified atom stereocenters. The first kappa shape index (κ1) is 25.6. The number of alkyl halides is 3. The molecule has 1 aliphatic carbocycles. The Morgan fingerprint density at radius 3 is 2.28 bits per heavy atom. The Morgan fingerprint density at radius 1 is 1.07 bits per heavy atom. The molecule has 2 N–H and O–H groups in total. The van der Waals surface area contributed by atoms with Crippen LogP contribution in [0.5, 0.6) is 11.5 Å². The van der Waals surface area contributed by atoms with Gasteiger partial charge in [-0.2, -0.15) is 13.2 Å². The molecule has 0 aromatic heterocycles. The average molecular weight is 529 g/mol. The summed E-state index contributed by atoms with van der Waals surface area (Å²) >= 11 is 0. The molecule has 9 heteroatoms. The Hall–Kier alpha value is -1.39. The standard InChI is InChI=1S/C20H30F3N3O2.HI/c1-24-18(25-12-11-20(21,22)23)26-14-19(9-5-4-6-10-19)15-7-8-16(27-2)17(13-15)28-3;/h7-8,13H,4-6,9-12,14H2,1-3H3,(H2,24,25,26);1H. The second kappa shape index (κ2) is 11.7. The first-order valence-electron chi connectivity index (χ1n) is 9.57. The third-order valence-electron chi connectivity index (χ3n) is 5.33. The average Bonchev–Trinajstić information content (AvgIpc) is 2.69. The van der Waals surface area contributed by atoms with E-state index in [2.05, 4.69) is 15.6 Å². The smallest absolute Gasteiger partial charge is 0.390 e. The maximum Gasteiger partial charge on any atom is 0.390 e. The van der Waals surface area contributed by atoms with Crippen LogP contribution in [0.4, 0.5) is 13.2 Å². The number of methoxy groups -OCH3 is 2. The monoisotopic (exact) mass is 529 g/mol. The first-order chi connectivity index (χ1) is 13.3. The lowest BCUT2D eigenvalue weighted by Gasteiger charge is -2.38. The largest absolute Gasteiger partial charge is 0.493 e. The van der Waals surface area contributed by atoms with E-state index in [0.717, 1.165) is 31.2 Å². The number of hydrogen-bond donors (Lipinski definition) is 2. The van der Waals surface area contributed by atoms with Crippen molar-refractivity contribution in [3.05, 3.63) is 23.8 Å². The third kappa shape index (κ3) is 7.42. The van der Waals surface area contributed by atoms with Gasteiger partial charge in [0.1, 0.15) is 0 Å². The minimum Gasteiger partial charge on any atom is -0.493 e.